The van der Waals surface area contributed by atoms with Gasteiger partial charge in [0.2, 0.25) is 0 Å². The zero-order chi connectivity index (χ0) is 19.2. The van der Waals surface area contributed by atoms with Crippen LogP contribution in [-0.4, -0.2) is 6.11 Å². The number of hydrogen-bond acceptors (Lipinski definition) is 1. The van der Waals surface area contributed by atoms with E-state index in [0.29, 0.717) is 18.8 Å². The predicted molar refractivity (Wildman–Crippen MR) is 99.9 cm³/mol. The number of halogens is 3. The molecule has 26 heavy (non-hydrogen) atoms. The van der Waals surface area contributed by atoms with Crippen LogP contribution in [0.25, 0.3) is 0 Å². The first-order valence-electron chi connectivity index (χ1n) is 10.3. The molecule has 0 atom stereocenters. The topological polar surface area (TPSA) is 9.23 Å². The van der Waals surface area contributed by atoms with E-state index in [1.807, 2.05) is 13.8 Å². The second-order valence-corrected chi connectivity index (χ2v) is 7.75. The predicted octanol–water partition coefficient (Wildman–Crippen LogP) is 7.46. The molecule has 0 saturated heterocycles. The highest BCUT2D eigenvalue weighted by molar-refractivity contribution is 5.22. The summed E-state index contributed by atoms with van der Waals surface area (Å²) in [5.41, 5.74) is 0. The Kier molecular flexibility index (Phi) is 7.85. The van der Waals surface area contributed by atoms with E-state index in [2.05, 4.69) is 6.92 Å². The molecule has 2 aliphatic carbocycles. The fourth-order valence-corrected chi connectivity index (χ4v) is 4.43. The zero-order valence-electron chi connectivity index (χ0n) is 16.3. The van der Waals surface area contributed by atoms with Crippen molar-refractivity contribution in [3.05, 3.63) is 30.1 Å². The van der Waals surface area contributed by atoms with Crippen LogP contribution in [0.3, 0.4) is 0 Å². The monoisotopic (exact) mass is 370 g/mol. The average Bonchev–Trinajstić information content (AvgIpc) is 2.66. The highest BCUT2D eigenvalue weighted by Crippen LogP contribution is 2.45. The van der Waals surface area contributed by atoms with Gasteiger partial charge in [-0.1, -0.05) is 33.6 Å². The average molecular weight is 370 g/mol. The fourth-order valence-electron chi connectivity index (χ4n) is 4.43. The van der Waals surface area contributed by atoms with Crippen molar-refractivity contribution in [3.8, 4) is 5.75 Å². The molecule has 1 nitrogen and oxygen atoms in total. The van der Waals surface area contributed by atoms with Crippen LogP contribution in [0.15, 0.2) is 24.3 Å². The summed E-state index contributed by atoms with van der Waals surface area (Å²) in [6, 6.07) is 4.81. The van der Waals surface area contributed by atoms with Gasteiger partial charge in [0.05, 0.1) is 5.92 Å². The molecule has 0 amide bonds. The van der Waals surface area contributed by atoms with Gasteiger partial charge < -0.3 is 4.74 Å². The Morgan fingerprint density at radius 2 is 1.27 bits per heavy atom. The molecule has 0 unspecified atom stereocenters. The minimum absolute atomic E-state index is 0.0322. The van der Waals surface area contributed by atoms with E-state index in [1.54, 1.807) is 0 Å². The van der Waals surface area contributed by atoms with Crippen LogP contribution in [-0.2, 0) is 0 Å². The van der Waals surface area contributed by atoms with Crippen LogP contribution < -0.4 is 4.74 Å². The largest absolute Gasteiger partial charge is 0.432 e. The van der Waals surface area contributed by atoms with Gasteiger partial charge in [0, 0.05) is 0 Å². The maximum Gasteiger partial charge on any atom is 0.400 e. The minimum atomic E-state index is -3.18. The molecule has 2 saturated carbocycles. The summed E-state index contributed by atoms with van der Waals surface area (Å²) in [6.07, 6.45) is 4.72. The minimum Gasteiger partial charge on any atom is -0.432 e. The molecule has 0 spiro atoms. The Bertz CT molecular complexity index is 513. The first-order chi connectivity index (χ1) is 12.4. The summed E-state index contributed by atoms with van der Waals surface area (Å²) in [5, 5.41) is 0. The Balaban J connectivity index is 0.00000117. The molecule has 2 aliphatic rings. The molecule has 0 heterocycles. The first kappa shape index (κ1) is 21.1. The Morgan fingerprint density at radius 3 is 1.77 bits per heavy atom. The van der Waals surface area contributed by atoms with E-state index >= 15 is 0 Å². The molecule has 0 bridgehead atoms. The standard InChI is InChI=1S/C20H27F3O.C2H6/c1-14-2-4-15(5-3-14)16-6-8-17(9-7-16)20(22,23)24-19-12-10-18(21)11-13-19;1-2/h10-17H,2-9H2,1H3;1-2H3. The van der Waals surface area contributed by atoms with E-state index in [1.165, 1.54) is 37.8 Å². The highest BCUT2D eigenvalue weighted by atomic mass is 19.3. The van der Waals surface area contributed by atoms with Crippen LogP contribution >= 0.6 is 0 Å². The van der Waals surface area contributed by atoms with Gasteiger partial charge in [0.1, 0.15) is 11.6 Å². The number of alkyl halides is 2. The molecule has 0 aromatic heterocycles. The van der Waals surface area contributed by atoms with Gasteiger partial charge in [-0.15, -0.1) is 0 Å². The van der Waals surface area contributed by atoms with Crippen LogP contribution in [0.2, 0.25) is 0 Å². The van der Waals surface area contributed by atoms with Crippen LogP contribution in [0.1, 0.15) is 72.1 Å². The SMILES string of the molecule is CC.CC1CCC(C2CCC(C(F)(F)Oc3ccc(F)cc3)CC2)CC1. The van der Waals surface area contributed by atoms with E-state index < -0.39 is 17.8 Å². The molecule has 148 valence electrons. The van der Waals surface area contributed by atoms with Gasteiger partial charge in [0.15, 0.2) is 0 Å². The lowest BCUT2D eigenvalue weighted by Crippen LogP contribution is -2.38. The van der Waals surface area contributed by atoms with Gasteiger partial charge in [-0.3, -0.25) is 0 Å². The van der Waals surface area contributed by atoms with Crippen molar-refractivity contribution in [2.45, 2.75) is 78.2 Å². The first-order valence-corrected chi connectivity index (χ1v) is 10.3. The van der Waals surface area contributed by atoms with Crippen molar-refractivity contribution in [2.24, 2.45) is 23.7 Å². The molecule has 0 radical (unpaired) electrons. The Morgan fingerprint density at radius 1 is 0.808 bits per heavy atom. The summed E-state index contributed by atoms with van der Waals surface area (Å²) in [7, 11) is 0. The molecule has 0 N–H and O–H groups in total. The zero-order valence-corrected chi connectivity index (χ0v) is 16.3. The lowest BCUT2D eigenvalue weighted by molar-refractivity contribution is -0.224. The molecular weight excluding hydrogens is 337 g/mol. The maximum atomic E-state index is 14.4. The summed E-state index contributed by atoms with van der Waals surface area (Å²) in [5.74, 6) is 1.01. The third-order valence-electron chi connectivity index (χ3n) is 6.04. The second-order valence-electron chi connectivity index (χ2n) is 7.75. The summed E-state index contributed by atoms with van der Waals surface area (Å²) < 4.78 is 46.6. The number of benzene rings is 1. The fraction of sp³-hybridized carbons (Fsp3) is 0.727. The molecule has 1 aromatic rings. The van der Waals surface area contributed by atoms with Crippen LogP contribution in [0, 0.1) is 29.5 Å². The van der Waals surface area contributed by atoms with E-state index in [9.17, 15) is 13.2 Å². The quantitative estimate of drug-likeness (QED) is 0.534. The van der Waals surface area contributed by atoms with Crippen molar-refractivity contribution >= 4 is 0 Å². The summed E-state index contributed by atoms with van der Waals surface area (Å²) >= 11 is 0. The summed E-state index contributed by atoms with van der Waals surface area (Å²) in [4.78, 5) is 0. The van der Waals surface area contributed by atoms with Gasteiger partial charge in [-0.25, -0.2) is 4.39 Å². The number of hydrogen-bond donors (Lipinski definition) is 0. The third-order valence-corrected chi connectivity index (χ3v) is 6.04. The molecule has 0 aliphatic heterocycles. The second kappa shape index (κ2) is 9.66. The lowest BCUT2D eigenvalue weighted by atomic mass is 9.69. The normalized spacial score (nSPS) is 29.5. The Labute approximate surface area is 156 Å². The van der Waals surface area contributed by atoms with Crippen molar-refractivity contribution in [1.82, 2.24) is 0 Å². The molecule has 3 rings (SSSR count). The van der Waals surface area contributed by atoms with E-state index in [-0.39, 0.29) is 5.75 Å². The molecule has 1 aromatic carbocycles. The lowest BCUT2D eigenvalue weighted by Gasteiger charge is -2.38. The van der Waals surface area contributed by atoms with Crippen LogP contribution in [0.4, 0.5) is 13.2 Å². The highest BCUT2D eigenvalue weighted by Gasteiger charge is 2.45. The Hall–Kier alpha value is -1.19. The van der Waals surface area contributed by atoms with Crippen molar-refractivity contribution in [1.29, 1.82) is 0 Å². The summed E-state index contributed by atoms with van der Waals surface area (Å²) in [6.45, 7) is 6.31. The maximum absolute atomic E-state index is 14.4. The number of ether oxygens (including phenoxy) is 1. The van der Waals surface area contributed by atoms with Gasteiger partial charge in [-0.05, 0) is 80.5 Å². The van der Waals surface area contributed by atoms with E-state index in [0.717, 1.165) is 36.8 Å². The van der Waals surface area contributed by atoms with Crippen molar-refractivity contribution < 1.29 is 17.9 Å². The van der Waals surface area contributed by atoms with Gasteiger partial charge >= 0.3 is 6.11 Å². The molecular formula is C22H33F3O. The van der Waals surface area contributed by atoms with E-state index in [4.69, 9.17) is 4.74 Å². The van der Waals surface area contributed by atoms with Crippen molar-refractivity contribution in [2.75, 3.05) is 0 Å². The molecule has 2 fully saturated rings. The third kappa shape index (κ3) is 5.65. The van der Waals surface area contributed by atoms with Crippen LogP contribution in [0.5, 0.6) is 5.75 Å². The van der Waals surface area contributed by atoms with Crippen molar-refractivity contribution in [3.63, 3.8) is 0 Å². The van der Waals surface area contributed by atoms with Gasteiger partial charge in [0.25, 0.3) is 0 Å². The van der Waals surface area contributed by atoms with Gasteiger partial charge in [-0.2, -0.15) is 8.78 Å². The molecule has 4 heteroatoms. The number of rotatable bonds is 4. The smallest absolute Gasteiger partial charge is 0.400 e.